The van der Waals surface area contributed by atoms with Gasteiger partial charge in [0.15, 0.2) is 0 Å². The molecule has 25 heavy (non-hydrogen) atoms. The Kier molecular flexibility index (Phi) is 4.18. The van der Waals surface area contributed by atoms with Gasteiger partial charge >= 0.3 is 0 Å². The highest BCUT2D eigenvalue weighted by Gasteiger charge is 2.10. The van der Waals surface area contributed by atoms with E-state index in [-0.39, 0.29) is 0 Å². The molecular formula is C25H20. The van der Waals surface area contributed by atoms with Crippen LogP contribution < -0.4 is 0 Å². The maximum Gasteiger partial charge on any atom is -0.00761 e. The van der Waals surface area contributed by atoms with E-state index in [9.17, 15) is 0 Å². The van der Waals surface area contributed by atoms with Gasteiger partial charge in [-0.25, -0.2) is 0 Å². The summed E-state index contributed by atoms with van der Waals surface area (Å²) in [5.74, 6) is 0. The quantitative estimate of drug-likeness (QED) is 0.381. The smallest absolute Gasteiger partial charge is 0.00761 e. The Hall–Kier alpha value is -3.12. The van der Waals surface area contributed by atoms with Crippen molar-refractivity contribution < 1.29 is 0 Å². The van der Waals surface area contributed by atoms with Crippen molar-refractivity contribution >= 4 is 0 Å². The molecule has 0 aliphatic carbocycles. The zero-order valence-corrected chi connectivity index (χ0v) is 14.3. The molecule has 0 aromatic heterocycles. The van der Waals surface area contributed by atoms with Gasteiger partial charge in [0.25, 0.3) is 0 Å². The Balaban J connectivity index is 1.80. The molecule has 0 aliphatic heterocycles. The molecule has 0 N–H and O–H groups in total. The highest BCUT2D eigenvalue weighted by Crippen LogP contribution is 2.35. The average molecular weight is 320 g/mol. The Morgan fingerprint density at radius 2 is 0.920 bits per heavy atom. The Morgan fingerprint density at radius 1 is 0.400 bits per heavy atom. The molecule has 0 atom stereocenters. The highest BCUT2D eigenvalue weighted by molar-refractivity contribution is 5.86. The molecule has 0 bridgehead atoms. The van der Waals surface area contributed by atoms with Gasteiger partial charge in [0.1, 0.15) is 0 Å². The third kappa shape index (κ3) is 3.12. The fraction of sp³-hybridized carbons (Fsp3) is 0.0400. The van der Waals surface area contributed by atoms with Crippen LogP contribution in [0, 0.1) is 6.92 Å². The lowest BCUT2D eigenvalue weighted by Gasteiger charge is -2.14. The summed E-state index contributed by atoms with van der Waals surface area (Å²) >= 11 is 0. The second-order valence-electron chi connectivity index (χ2n) is 6.31. The summed E-state index contributed by atoms with van der Waals surface area (Å²) in [5.41, 5.74) is 8.92. The van der Waals surface area contributed by atoms with Crippen molar-refractivity contribution in [1.82, 2.24) is 0 Å². The number of hydrogen-bond acceptors (Lipinski definition) is 0. The van der Waals surface area contributed by atoms with E-state index in [2.05, 4.69) is 110 Å². The largest absolute Gasteiger partial charge is 0.0622 e. The fourth-order valence-electron chi connectivity index (χ4n) is 3.37. The Labute approximate surface area is 149 Å². The molecule has 0 aliphatic rings. The molecule has 0 nitrogen and oxygen atoms in total. The number of hydrogen-bond donors (Lipinski definition) is 0. The van der Waals surface area contributed by atoms with E-state index in [4.69, 9.17) is 0 Å². The van der Waals surface area contributed by atoms with Crippen molar-refractivity contribution in [3.8, 4) is 33.4 Å². The minimum absolute atomic E-state index is 1.25. The summed E-state index contributed by atoms with van der Waals surface area (Å²) in [5, 5.41) is 0. The molecule has 120 valence electrons. The van der Waals surface area contributed by atoms with E-state index in [0.717, 1.165) is 0 Å². The fourth-order valence-corrected chi connectivity index (χ4v) is 3.37. The standard InChI is InChI=1S/C25H20/c1-19-9-8-14-24(25(19)23-12-6-3-7-13-23)22-17-15-21(16-18-22)20-10-4-2-5-11-20/h2-18H,1H3. The maximum atomic E-state index is 2.23. The number of aryl methyl sites for hydroxylation is 1. The van der Waals surface area contributed by atoms with E-state index in [0.29, 0.717) is 0 Å². The first-order valence-corrected chi connectivity index (χ1v) is 8.64. The van der Waals surface area contributed by atoms with Gasteiger partial charge in [0.05, 0.1) is 0 Å². The first kappa shape index (κ1) is 15.4. The minimum Gasteiger partial charge on any atom is -0.0622 e. The molecule has 0 heterocycles. The third-order valence-corrected chi connectivity index (χ3v) is 4.64. The molecule has 0 radical (unpaired) electrons. The van der Waals surface area contributed by atoms with Crippen molar-refractivity contribution in [2.45, 2.75) is 6.92 Å². The zero-order chi connectivity index (χ0) is 17.1. The summed E-state index contributed by atoms with van der Waals surface area (Å²) < 4.78 is 0. The van der Waals surface area contributed by atoms with Gasteiger partial charge in [-0.2, -0.15) is 0 Å². The third-order valence-electron chi connectivity index (χ3n) is 4.64. The van der Waals surface area contributed by atoms with Crippen LogP contribution in [0.1, 0.15) is 5.56 Å². The summed E-state index contributed by atoms with van der Waals surface area (Å²) in [6.45, 7) is 2.18. The Bertz CT molecular complexity index is 965. The number of rotatable bonds is 3. The van der Waals surface area contributed by atoms with E-state index in [1.807, 2.05) is 0 Å². The molecule has 4 aromatic carbocycles. The summed E-state index contributed by atoms with van der Waals surface area (Å²) in [7, 11) is 0. The molecule has 0 spiro atoms. The van der Waals surface area contributed by atoms with Gasteiger partial charge < -0.3 is 0 Å². The summed E-state index contributed by atoms with van der Waals surface area (Å²) in [6.07, 6.45) is 0. The van der Waals surface area contributed by atoms with Gasteiger partial charge in [0.2, 0.25) is 0 Å². The van der Waals surface area contributed by atoms with E-state index >= 15 is 0 Å². The van der Waals surface area contributed by atoms with Gasteiger partial charge in [-0.15, -0.1) is 0 Å². The normalized spacial score (nSPS) is 10.6. The maximum absolute atomic E-state index is 2.23. The van der Waals surface area contributed by atoms with Crippen molar-refractivity contribution in [3.63, 3.8) is 0 Å². The van der Waals surface area contributed by atoms with Gasteiger partial charge in [-0.05, 0) is 45.9 Å². The summed E-state index contributed by atoms with van der Waals surface area (Å²) in [6, 6.07) is 36.6. The van der Waals surface area contributed by atoms with Crippen LogP contribution in [0.3, 0.4) is 0 Å². The monoisotopic (exact) mass is 320 g/mol. The molecule has 0 heteroatoms. The van der Waals surface area contributed by atoms with Crippen LogP contribution >= 0.6 is 0 Å². The van der Waals surface area contributed by atoms with E-state index < -0.39 is 0 Å². The summed E-state index contributed by atoms with van der Waals surface area (Å²) in [4.78, 5) is 0. The lowest BCUT2D eigenvalue weighted by molar-refractivity contribution is 1.45. The van der Waals surface area contributed by atoms with Crippen LogP contribution in [0.15, 0.2) is 103 Å². The highest BCUT2D eigenvalue weighted by atomic mass is 14.1. The predicted octanol–water partition coefficient (Wildman–Crippen LogP) is 7.00. The topological polar surface area (TPSA) is 0 Å². The predicted molar refractivity (Wildman–Crippen MR) is 107 cm³/mol. The van der Waals surface area contributed by atoms with E-state index in [1.54, 1.807) is 0 Å². The molecular weight excluding hydrogens is 300 g/mol. The van der Waals surface area contributed by atoms with Crippen molar-refractivity contribution in [2.24, 2.45) is 0 Å². The molecule has 0 saturated heterocycles. The van der Waals surface area contributed by atoms with Crippen LogP contribution in [0.2, 0.25) is 0 Å². The molecule has 0 unspecified atom stereocenters. The van der Waals surface area contributed by atoms with Crippen LogP contribution in [-0.2, 0) is 0 Å². The van der Waals surface area contributed by atoms with E-state index in [1.165, 1.54) is 38.9 Å². The van der Waals surface area contributed by atoms with Crippen LogP contribution in [-0.4, -0.2) is 0 Å². The van der Waals surface area contributed by atoms with Crippen LogP contribution in [0.25, 0.3) is 33.4 Å². The molecule has 0 fully saturated rings. The SMILES string of the molecule is Cc1cccc(-c2ccc(-c3ccccc3)cc2)c1-c1ccccc1. The van der Waals surface area contributed by atoms with Crippen LogP contribution in [0.5, 0.6) is 0 Å². The Morgan fingerprint density at radius 3 is 1.56 bits per heavy atom. The van der Waals surface area contributed by atoms with Crippen molar-refractivity contribution in [3.05, 3.63) is 109 Å². The van der Waals surface area contributed by atoms with Crippen molar-refractivity contribution in [1.29, 1.82) is 0 Å². The average Bonchev–Trinajstić information content (AvgIpc) is 2.69. The van der Waals surface area contributed by atoms with Gasteiger partial charge in [-0.1, -0.05) is 103 Å². The first-order chi connectivity index (χ1) is 12.3. The minimum atomic E-state index is 1.25. The zero-order valence-electron chi connectivity index (χ0n) is 14.3. The second kappa shape index (κ2) is 6.78. The molecule has 4 rings (SSSR count). The van der Waals surface area contributed by atoms with Crippen LogP contribution in [0.4, 0.5) is 0 Å². The molecule has 4 aromatic rings. The van der Waals surface area contributed by atoms with Crippen molar-refractivity contribution in [2.75, 3.05) is 0 Å². The second-order valence-corrected chi connectivity index (χ2v) is 6.31. The van der Waals surface area contributed by atoms with Gasteiger partial charge in [-0.3, -0.25) is 0 Å². The molecule has 0 saturated carbocycles. The lowest BCUT2D eigenvalue weighted by atomic mass is 9.90. The molecule has 0 amide bonds. The first-order valence-electron chi connectivity index (χ1n) is 8.64. The van der Waals surface area contributed by atoms with Gasteiger partial charge in [0, 0.05) is 0 Å². The lowest BCUT2D eigenvalue weighted by Crippen LogP contribution is -1.89. The number of benzene rings is 4.